The lowest BCUT2D eigenvalue weighted by atomic mass is 9.97. The maximum Gasteiger partial charge on any atom is 0.307 e. The summed E-state index contributed by atoms with van der Waals surface area (Å²) in [4.78, 5) is 15.9. The van der Waals surface area contributed by atoms with Crippen LogP contribution in [0, 0.1) is 0 Å². The number of aromatic nitrogens is 1. The highest BCUT2D eigenvalue weighted by Gasteiger charge is 2.12. The van der Waals surface area contributed by atoms with Crippen molar-refractivity contribution >= 4 is 22.4 Å². The molecule has 2 aromatic carbocycles. The lowest BCUT2D eigenvalue weighted by Crippen LogP contribution is -2.02. The SMILES string of the molecule is CCc1cc2c(CC(=O)O)cccc2c(-c2ccc(N)cc2)n1. The number of hydrogen-bond acceptors (Lipinski definition) is 3. The second kappa shape index (κ2) is 6.08. The standard InChI is InChI=1S/C19H18N2O2/c1-2-15-11-17-13(10-18(22)23)4-3-5-16(17)19(21-15)12-6-8-14(20)9-7-12/h3-9,11H,2,10,20H2,1H3,(H,22,23). The van der Waals surface area contributed by atoms with E-state index in [4.69, 9.17) is 15.8 Å². The number of nitrogens with two attached hydrogens (primary N) is 1. The maximum atomic E-state index is 11.1. The lowest BCUT2D eigenvalue weighted by molar-refractivity contribution is -0.136. The van der Waals surface area contributed by atoms with Gasteiger partial charge in [0.1, 0.15) is 0 Å². The first-order valence-electron chi connectivity index (χ1n) is 7.57. The number of rotatable bonds is 4. The van der Waals surface area contributed by atoms with E-state index >= 15 is 0 Å². The third-order valence-electron chi connectivity index (χ3n) is 3.91. The minimum Gasteiger partial charge on any atom is -0.481 e. The van der Waals surface area contributed by atoms with Crippen LogP contribution in [0.15, 0.2) is 48.5 Å². The minimum atomic E-state index is -0.832. The fraction of sp³-hybridized carbons (Fsp3) is 0.158. The molecule has 0 amide bonds. The summed E-state index contributed by atoms with van der Waals surface area (Å²) < 4.78 is 0. The number of nitrogen functional groups attached to an aromatic ring is 1. The molecule has 3 aromatic rings. The zero-order valence-corrected chi connectivity index (χ0v) is 12.9. The molecule has 4 nitrogen and oxygen atoms in total. The highest BCUT2D eigenvalue weighted by Crippen LogP contribution is 2.30. The number of aliphatic carboxylic acids is 1. The molecule has 4 heteroatoms. The van der Waals surface area contributed by atoms with Gasteiger partial charge in [-0.3, -0.25) is 9.78 Å². The molecule has 0 saturated heterocycles. The van der Waals surface area contributed by atoms with Gasteiger partial charge in [-0.25, -0.2) is 0 Å². The van der Waals surface area contributed by atoms with E-state index in [9.17, 15) is 4.79 Å². The van der Waals surface area contributed by atoms with Gasteiger partial charge in [0.05, 0.1) is 12.1 Å². The number of carbonyl (C=O) groups is 1. The summed E-state index contributed by atoms with van der Waals surface area (Å²) >= 11 is 0. The van der Waals surface area contributed by atoms with E-state index in [2.05, 4.69) is 0 Å². The van der Waals surface area contributed by atoms with Crippen molar-refractivity contribution in [3.8, 4) is 11.3 Å². The fourth-order valence-corrected chi connectivity index (χ4v) is 2.75. The molecule has 1 aromatic heterocycles. The molecule has 0 aliphatic rings. The third-order valence-corrected chi connectivity index (χ3v) is 3.91. The van der Waals surface area contributed by atoms with Gasteiger partial charge >= 0.3 is 5.97 Å². The smallest absolute Gasteiger partial charge is 0.307 e. The Kier molecular flexibility index (Phi) is 3.98. The molecule has 0 saturated carbocycles. The predicted molar refractivity (Wildman–Crippen MR) is 92.3 cm³/mol. The molecule has 0 bridgehead atoms. The maximum absolute atomic E-state index is 11.1. The van der Waals surface area contributed by atoms with Crippen LogP contribution in [0.5, 0.6) is 0 Å². The van der Waals surface area contributed by atoms with Crippen molar-refractivity contribution < 1.29 is 9.90 Å². The van der Waals surface area contributed by atoms with Crippen molar-refractivity contribution in [3.63, 3.8) is 0 Å². The van der Waals surface area contributed by atoms with Gasteiger partial charge in [-0.1, -0.05) is 37.3 Å². The summed E-state index contributed by atoms with van der Waals surface area (Å²) in [6.07, 6.45) is 0.797. The zero-order chi connectivity index (χ0) is 16.4. The molecule has 0 spiro atoms. The van der Waals surface area contributed by atoms with Crippen molar-refractivity contribution in [1.29, 1.82) is 0 Å². The van der Waals surface area contributed by atoms with E-state index in [1.165, 1.54) is 0 Å². The van der Waals surface area contributed by atoms with Gasteiger partial charge in [0.25, 0.3) is 0 Å². The fourth-order valence-electron chi connectivity index (χ4n) is 2.75. The van der Waals surface area contributed by atoms with Crippen LogP contribution >= 0.6 is 0 Å². The van der Waals surface area contributed by atoms with Crippen LogP contribution in [-0.2, 0) is 17.6 Å². The monoisotopic (exact) mass is 306 g/mol. The van der Waals surface area contributed by atoms with Crippen LogP contribution in [0.4, 0.5) is 5.69 Å². The summed E-state index contributed by atoms with van der Waals surface area (Å²) in [6, 6.07) is 15.3. The Labute approximate surface area is 134 Å². The number of nitrogens with zero attached hydrogens (tertiary/aromatic N) is 1. The Morgan fingerprint density at radius 1 is 1.13 bits per heavy atom. The number of carboxylic acid groups (broad SMARTS) is 1. The van der Waals surface area contributed by atoms with Crippen LogP contribution < -0.4 is 5.73 Å². The number of pyridine rings is 1. The summed E-state index contributed by atoms with van der Waals surface area (Å²) in [5, 5.41) is 11.1. The molecule has 0 unspecified atom stereocenters. The summed E-state index contributed by atoms with van der Waals surface area (Å²) in [6.45, 7) is 2.04. The molecule has 3 N–H and O–H groups in total. The second-order valence-electron chi connectivity index (χ2n) is 5.52. The Hall–Kier alpha value is -2.88. The molecule has 0 atom stereocenters. The predicted octanol–water partition coefficient (Wildman–Crippen LogP) is 3.67. The Morgan fingerprint density at radius 3 is 2.52 bits per heavy atom. The summed E-state index contributed by atoms with van der Waals surface area (Å²) in [7, 11) is 0. The van der Waals surface area contributed by atoms with Gasteiger partial charge in [-0.2, -0.15) is 0 Å². The number of aryl methyl sites for hydroxylation is 1. The molecular weight excluding hydrogens is 288 g/mol. The average Bonchev–Trinajstić information content (AvgIpc) is 2.54. The number of fused-ring (bicyclic) bond motifs is 1. The highest BCUT2D eigenvalue weighted by molar-refractivity contribution is 5.98. The largest absolute Gasteiger partial charge is 0.481 e. The van der Waals surface area contributed by atoms with Crippen LogP contribution in [0.2, 0.25) is 0 Å². The summed E-state index contributed by atoms with van der Waals surface area (Å²) in [5.74, 6) is -0.832. The molecule has 0 fully saturated rings. The van der Waals surface area contributed by atoms with Crippen molar-refractivity contribution in [1.82, 2.24) is 4.98 Å². The number of benzene rings is 2. The molecule has 116 valence electrons. The topological polar surface area (TPSA) is 76.2 Å². The molecule has 0 radical (unpaired) electrons. The molecular formula is C19H18N2O2. The Bertz CT molecular complexity index is 870. The first kappa shape index (κ1) is 15.0. The van der Waals surface area contributed by atoms with Crippen LogP contribution in [-0.4, -0.2) is 16.1 Å². The van der Waals surface area contributed by atoms with E-state index < -0.39 is 5.97 Å². The average molecular weight is 306 g/mol. The second-order valence-corrected chi connectivity index (χ2v) is 5.52. The zero-order valence-electron chi connectivity index (χ0n) is 12.9. The van der Waals surface area contributed by atoms with Crippen LogP contribution in [0.25, 0.3) is 22.0 Å². The van der Waals surface area contributed by atoms with Crippen molar-refractivity contribution in [2.45, 2.75) is 19.8 Å². The van der Waals surface area contributed by atoms with Crippen molar-refractivity contribution in [3.05, 3.63) is 59.8 Å². The number of hydrogen-bond donors (Lipinski definition) is 2. The number of carboxylic acids is 1. The first-order valence-corrected chi connectivity index (χ1v) is 7.57. The third kappa shape index (κ3) is 3.01. The van der Waals surface area contributed by atoms with Crippen molar-refractivity contribution in [2.24, 2.45) is 0 Å². The van der Waals surface area contributed by atoms with Crippen LogP contribution in [0.1, 0.15) is 18.2 Å². The van der Waals surface area contributed by atoms with E-state index in [0.717, 1.165) is 39.7 Å². The van der Waals surface area contributed by atoms with E-state index in [1.54, 1.807) is 0 Å². The molecule has 23 heavy (non-hydrogen) atoms. The first-order chi connectivity index (χ1) is 11.1. The van der Waals surface area contributed by atoms with E-state index in [0.29, 0.717) is 5.69 Å². The van der Waals surface area contributed by atoms with Gasteiger partial charge in [0.15, 0.2) is 0 Å². The normalized spacial score (nSPS) is 10.8. The molecule has 0 aliphatic heterocycles. The quantitative estimate of drug-likeness (QED) is 0.721. The van der Waals surface area contributed by atoms with Gasteiger partial charge in [0.2, 0.25) is 0 Å². The van der Waals surface area contributed by atoms with Gasteiger partial charge in [-0.05, 0) is 35.6 Å². The molecule has 1 heterocycles. The summed E-state index contributed by atoms with van der Waals surface area (Å²) in [5.41, 5.74) is 10.1. The molecule has 0 aliphatic carbocycles. The lowest BCUT2D eigenvalue weighted by Gasteiger charge is -2.12. The Morgan fingerprint density at radius 2 is 1.87 bits per heavy atom. The van der Waals surface area contributed by atoms with Crippen LogP contribution in [0.3, 0.4) is 0 Å². The van der Waals surface area contributed by atoms with Crippen molar-refractivity contribution in [2.75, 3.05) is 5.73 Å². The van der Waals surface area contributed by atoms with E-state index in [1.807, 2.05) is 55.5 Å². The number of anilines is 1. The van der Waals surface area contributed by atoms with Gasteiger partial charge in [0, 0.05) is 22.3 Å². The molecule has 3 rings (SSSR count). The van der Waals surface area contributed by atoms with E-state index in [-0.39, 0.29) is 6.42 Å². The highest BCUT2D eigenvalue weighted by atomic mass is 16.4. The van der Waals surface area contributed by atoms with Gasteiger partial charge < -0.3 is 10.8 Å². The Balaban J connectivity index is 2.28. The van der Waals surface area contributed by atoms with Gasteiger partial charge in [-0.15, -0.1) is 0 Å². The minimum absolute atomic E-state index is 0.00564.